The van der Waals surface area contributed by atoms with Crippen molar-refractivity contribution in [1.82, 2.24) is 4.90 Å². The maximum absolute atomic E-state index is 11.3. The van der Waals surface area contributed by atoms with Crippen LogP contribution < -0.4 is 4.74 Å². The highest BCUT2D eigenvalue weighted by Crippen LogP contribution is 2.22. The molecule has 1 N–H and O–H groups in total. The van der Waals surface area contributed by atoms with Gasteiger partial charge in [0, 0.05) is 0 Å². The SMILES string of the molecule is Cc1cccc(OC(CN(C)C)S(=O)(=O)O)c1C. The molecule has 0 aromatic heterocycles. The van der Waals surface area contributed by atoms with Gasteiger partial charge >= 0.3 is 10.1 Å². The van der Waals surface area contributed by atoms with E-state index in [1.165, 1.54) is 0 Å². The minimum Gasteiger partial charge on any atom is -0.470 e. The Bertz CT molecular complexity index is 511. The molecule has 0 radical (unpaired) electrons. The van der Waals surface area contributed by atoms with Crippen LogP contribution in [0.1, 0.15) is 11.1 Å². The Labute approximate surface area is 108 Å². The quantitative estimate of drug-likeness (QED) is 0.823. The molecule has 0 spiro atoms. The van der Waals surface area contributed by atoms with Crippen LogP contribution in [0.15, 0.2) is 18.2 Å². The maximum Gasteiger partial charge on any atom is 0.304 e. The number of benzene rings is 1. The van der Waals surface area contributed by atoms with Crippen molar-refractivity contribution in [2.45, 2.75) is 19.3 Å². The van der Waals surface area contributed by atoms with Gasteiger partial charge in [0.2, 0.25) is 5.44 Å². The second kappa shape index (κ2) is 5.69. The smallest absolute Gasteiger partial charge is 0.304 e. The largest absolute Gasteiger partial charge is 0.470 e. The van der Waals surface area contributed by atoms with Gasteiger partial charge in [0.15, 0.2) is 0 Å². The molecule has 0 amide bonds. The van der Waals surface area contributed by atoms with Crippen LogP contribution in [-0.4, -0.2) is 43.9 Å². The van der Waals surface area contributed by atoms with E-state index in [1.54, 1.807) is 31.1 Å². The third-order valence-electron chi connectivity index (χ3n) is 2.66. The van der Waals surface area contributed by atoms with Crippen LogP contribution in [0.4, 0.5) is 0 Å². The zero-order valence-corrected chi connectivity index (χ0v) is 11.9. The molecule has 1 rings (SSSR count). The molecule has 1 aromatic carbocycles. The average Bonchev–Trinajstić information content (AvgIpc) is 2.21. The normalized spacial score (nSPS) is 13.7. The highest BCUT2D eigenvalue weighted by Gasteiger charge is 2.26. The molecule has 0 aliphatic carbocycles. The Morgan fingerprint density at radius 3 is 2.44 bits per heavy atom. The lowest BCUT2D eigenvalue weighted by Gasteiger charge is -2.21. The van der Waals surface area contributed by atoms with Crippen molar-refractivity contribution in [1.29, 1.82) is 0 Å². The van der Waals surface area contributed by atoms with Crippen LogP contribution in [0.25, 0.3) is 0 Å². The second-order valence-electron chi connectivity index (χ2n) is 4.52. The predicted molar refractivity (Wildman–Crippen MR) is 70.4 cm³/mol. The second-order valence-corrected chi connectivity index (χ2v) is 6.08. The van der Waals surface area contributed by atoms with E-state index in [-0.39, 0.29) is 6.54 Å². The zero-order chi connectivity index (χ0) is 13.9. The highest BCUT2D eigenvalue weighted by atomic mass is 32.2. The first-order chi connectivity index (χ1) is 8.21. The first kappa shape index (κ1) is 14.9. The van der Waals surface area contributed by atoms with Crippen molar-refractivity contribution in [2.24, 2.45) is 0 Å². The lowest BCUT2D eigenvalue weighted by atomic mass is 10.1. The molecule has 102 valence electrons. The Morgan fingerprint density at radius 1 is 1.33 bits per heavy atom. The fraction of sp³-hybridized carbons (Fsp3) is 0.500. The minimum atomic E-state index is -4.25. The number of hydrogen-bond acceptors (Lipinski definition) is 4. The van der Waals surface area contributed by atoms with E-state index in [9.17, 15) is 8.42 Å². The summed E-state index contributed by atoms with van der Waals surface area (Å²) in [6.45, 7) is 3.85. The molecule has 0 aliphatic rings. The van der Waals surface area contributed by atoms with Crippen molar-refractivity contribution < 1.29 is 17.7 Å². The Hall–Kier alpha value is -1.11. The first-order valence-electron chi connectivity index (χ1n) is 5.55. The van der Waals surface area contributed by atoms with Gasteiger partial charge in [-0.25, -0.2) is 0 Å². The van der Waals surface area contributed by atoms with E-state index < -0.39 is 15.6 Å². The van der Waals surface area contributed by atoms with E-state index in [1.807, 2.05) is 19.9 Å². The van der Waals surface area contributed by atoms with Crippen molar-refractivity contribution in [2.75, 3.05) is 20.6 Å². The number of likely N-dealkylation sites (N-methyl/N-ethyl adjacent to an activating group) is 1. The third kappa shape index (κ3) is 3.97. The van der Waals surface area contributed by atoms with Crippen molar-refractivity contribution in [3.05, 3.63) is 29.3 Å². The van der Waals surface area contributed by atoms with Gasteiger partial charge in [-0.2, -0.15) is 8.42 Å². The van der Waals surface area contributed by atoms with Crippen molar-refractivity contribution in [3.63, 3.8) is 0 Å². The van der Waals surface area contributed by atoms with Gasteiger partial charge in [-0.3, -0.25) is 4.55 Å². The molecule has 0 aliphatic heterocycles. The molecule has 1 aromatic rings. The first-order valence-corrected chi connectivity index (χ1v) is 7.06. The Kier molecular flexibility index (Phi) is 4.72. The molecule has 18 heavy (non-hydrogen) atoms. The van der Waals surface area contributed by atoms with Crippen LogP contribution in [0.5, 0.6) is 5.75 Å². The van der Waals surface area contributed by atoms with Gasteiger partial charge < -0.3 is 9.64 Å². The lowest BCUT2D eigenvalue weighted by molar-refractivity contribution is 0.209. The molecule has 0 bridgehead atoms. The lowest BCUT2D eigenvalue weighted by Crippen LogP contribution is -2.37. The summed E-state index contributed by atoms with van der Waals surface area (Å²) in [4.78, 5) is 1.64. The molecule has 1 unspecified atom stereocenters. The van der Waals surface area contributed by atoms with Crippen molar-refractivity contribution >= 4 is 10.1 Å². The van der Waals surface area contributed by atoms with Gasteiger partial charge in [-0.15, -0.1) is 0 Å². The van der Waals surface area contributed by atoms with E-state index in [4.69, 9.17) is 9.29 Å². The van der Waals surface area contributed by atoms with E-state index >= 15 is 0 Å². The van der Waals surface area contributed by atoms with Gasteiger partial charge in [0.05, 0.1) is 6.54 Å². The molecular weight excluding hydrogens is 254 g/mol. The summed E-state index contributed by atoms with van der Waals surface area (Å²) in [5.41, 5.74) is 0.587. The maximum atomic E-state index is 11.3. The number of hydrogen-bond donors (Lipinski definition) is 1. The fourth-order valence-corrected chi connectivity index (χ4v) is 2.20. The van der Waals surface area contributed by atoms with E-state index in [2.05, 4.69) is 0 Å². The molecule has 0 saturated carbocycles. The Morgan fingerprint density at radius 2 is 1.94 bits per heavy atom. The number of ether oxygens (including phenoxy) is 1. The van der Waals surface area contributed by atoms with Gasteiger partial charge in [-0.05, 0) is 45.1 Å². The summed E-state index contributed by atoms with van der Waals surface area (Å²) in [6.07, 6.45) is 0. The third-order valence-corrected chi connectivity index (χ3v) is 3.57. The van der Waals surface area contributed by atoms with Crippen LogP contribution in [-0.2, 0) is 10.1 Å². The van der Waals surface area contributed by atoms with Crippen LogP contribution >= 0.6 is 0 Å². The van der Waals surface area contributed by atoms with Crippen LogP contribution in [0, 0.1) is 13.8 Å². The number of rotatable bonds is 5. The van der Waals surface area contributed by atoms with Gasteiger partial charge in [0.25, 0.3) is 0 Å². The van der Waals surface area contributed by atoms with E-state index in [0.717, 1.165) is 11.1 Å². The molecule has 6 heteroatoms. The van der Waals surface area contributed by atoms with E-state index in [0.29, 0.717) is 5.75 Å². The predicted octanol–water partition coefficient (Wildman–Crippen LogP) is 1.46. The minimum absolute atomic E-state index is 0.0895. The summed E-state index contributed by atoms with van der Waals surface area (Å²) < 4.78 is 37.1. The number of nitrogens with zero attached hydrogens (tertiary/aromatic N) is 1. The average molecular weight is 273 g/mol. The molecule has 0 fully saturated rings. The number of aryl methyl sites for hydroxylation is 1. The van der Waals surface area contributed by atoms with Gasteiger partial charge in [0.1, 0.15) is 5.75 Å². The molecule has 0 heterocycles. The summed E-state index contributed by atoms with van der Waals surface area (Å²) in [5, 5.41) is 0. The van der Waals surface area contributed by atoms with Gasteiger partial charge in [-0.1, -0.05) is 12.1 Å². The topological polar surface area (TPSA) is 66.8 Å². The molecule has 5 nitrogen and oxygen atoms in total. The van der Waals surface area contributed by atoms with Crippen molar-refractivity contribution in [3.8, 4) is 5.75 Å². The van der Waals surface area contributed by atoms with Crippen LogP contribution in [0.3, 0.4) is 0 Å². The molecule has 0 saturated heterocycles. The summed E-state index contributed by atoms with van der Waals surface area (Å²) in [7, 11) is -0.826. The monoisotopic (exact) mass is 273 g/mol. The highest BCUT2D eigenvalue weighted by molar-refractivity contribution is 7.86. The fourth-order valence-electron chi connectivity index (χ4n) is 1.48. The summed E-state index contributed by atoms with van der Waals surface area (Å²) in [5.74, 6) is 0.472. The Balaban J connectivity index is 3.00. The zero-order valence-electron chi connectivity index (χ0n) is 11.0. The molecular formula is C12H19NO4S. The van der Waals surface area contributed by atoms with Crippen LogP contribution in [0.2, 0.25) is 0 Å². The summed E-state index contributed by atoms with van der Waals surface area (Å²) >= 11 is 0. The molecule has 1 atom stereocenters. The standard InChI is InChI=1S/C12H19NO4S/c1-9-6-5-7-11(10(9)2)17-12(8-13(3)4)18(14,15)16/h5-7,12H,8H2,1-4H3,(H,14,15,16). The summed E-state index contributed by atoms with van der Waals surface area (Å²) in [6, 6.07) is 5.39.